The van der Waals surface area contributed by atoms with Gasteiger partial charge < -0.3 is 9.84 Å². The number of amides is 1. The number of hydrogen-bond donors (Lipinski definition) is 1. The summed E-state index contributed by atoms with van der Waals surface area (Å²) < 4.78 is 5.35. The molecule has 0 aromatic carbocycles. The predicted octanol–water partition coefficient (Wildman–Crippen LogP) is 1.87. The molecule has 1 aliphatic rings. The van der Waals surface area contributed by atoms with Gasteiger partial charge in [-0.05, 0) is 37.9 Å². The minimum Gasteiger partial charge on any atom is -0.356 e. The largest absolute Gasteiger partial charge is 0.356 e. The highest BCUT2D eigenvalue weighted by atomic mass is 16.5. The number of pyridine rings is 1. The third-order valence-corrected chi connectivity index (χ3v) is 4.17. The van der Waals surface area contributed by atoms with Crippen molar-refractivity contribution < 1.29 is 9.32 Å². The topological polar surface area (TPSA) is 84.2 Å². The van der Waals surface area contributed by atoms with Crippen molar-refractivity contribution in [2.75, 3.05) is 19.6 Å². The summed E-state index contributed by atoms with van der Waals surface area (Å²) in [5, 5.41) is 7.00. The Morgan fingerprint density at radius 2 is 2.42 bits per heavy atom. The van der Waals surface area contributed by atoms with Gasteiger partial charge in [-0.2, -0.15) is 4.98 Å². The summed E-state index contributed by atoms with van der Waals surface area (Å²) >= 11 is 0. The van der Waals surface area contributed by atoms with Crippen LogP contribution < -0.4 is 5.32 Å². The van der Waals surface area contributed by atoms with Crippen LogP contribution in [0.4, 0.5) is 0 Å². The molecule has 0 spiro atoms. The van der Waals surface area contributed by atoms with E-state index in [0.29, 0.717) is 18.3 Å². The Labute approximate surface area is 141 Å². The summed E-state index contributed by atoms with van der Waals surface area (Å²) in [6.45, 7) is 5.06. The first-order valence-electron chi connectivity index (χ1n) is 8.49. The molecule has 7 heteroatoms. The van der Waals surface area contributed by atoms with Crippen molar-refractivity contribution in [1.82, 2.24) is 25.3 Å². The van der Waals surface area contributed by atoms with E-state index in [1.807, 2.05) is 12.1 Å². The van der Waals surface area contributed by atoms with E-state index in [9.17, 15) is 4.79 Å². The second-order valence-electron chi connectivity index (χ2n) is 6.12. The van der Waals surface area contributed by atoms with Gasteiger partial charge in [0.15, 0.2) is 0 Å². The summed E-state index contributed by atoms with van der Waals surface area (Å²) in [4.78, 5) is 22.9. The van der Waals surface area contributed by atoms with Crippen molar-refractivity contribution >= 4 is 5.91 Å². The Bertz CT molecular complexity index is 658. The first kappa shape index (κ1) is 16.6. The predicted molar refractivity (Wildman–Crippen MR) is 88.8 cm³/mol. The zero-order chi connectivity index (χ0) is 16.8. The van der Waals surface area contributed by atoms with Gasteiger partial charge in [0.05, 0.1) is 12.5 Å². The van der Waals surface area contributed by atoms with E-state index in [1.165, 1.54) is 0 Å². The minimum absolute atomic E-state index is 0.0472. The summed E-state index contributed by atoms with van der Waals surface area (Å²) in [6.07, 6.45) is 6.33. The van der Waals surface area contributed by atoms with Gasteiger partial charge in [-0.25, -0.2) is 0 Å². The van der Waals surface area contributed by atoms with Crippen LogP contribution in [0.25, 0.3) is 11.4 Å². The maximum absolute atomic E-state index is 12.1. The van der Waals surface area contributed by atoms with E-state index in [2.05, 4.69) is 32.3 Å². The molecule has 1 fully saturated rings. The Kier molecular flexibility index (Phi) is 5.53. The summed E-state index contributed by atoms with van der Waals surface area (Å²) in [7, 11) is 0. The van der Waals surface area contributed by atoms with Crippen molar-refractivity contribution in [3.8, 4) is 11.4 Å². The third kappa shape index (κ3) is 4.17. The zero-order valence-corrected chi connectivity index (χ0v) is 13.9. The fourth-order valence-electron chi connectivity index (χ4n) is 2.93. The molecule has 0 bridgehead atoms. The first-order chi connectivity index (χ1) is 11.8. The fraction of sp³-hybridized carbons (Fsp3) is 0.529. The molecule has 2 aromatic heterocycles. The van der Waals surface area contributed by atoms with E-state index < -0.39 is 0 Å². The van der Waals surface area contributed by atoms with Gasteiger partial charge in [0.2, 0.25) is 17.6 Å². The SMILES string of the molecule is CCCNC(=O)C1CCCN(Cc2nc(-c3cccnc3)no2)C1. The van der Waals surface area contributed by atoms with Gasteiger partial charge in [0.25, 0.3) is 0 Å². The van der Waals surface area contributed by atoms with E-state index in [0.717, 1.165) is 44.5 Å². The average Bonchev–Trinajstić information content (AvgIpc) is 3.09. The van der Waals surface area contributed by atoms with E-state index >= 15 is 0 Å². The Hall–Kier alpha value is -2.28. The lowest BCUT2D eigenvalue weighted by Crippen LogP contribution is -2.42. The molecule has 1 saturated heterocycles. The van der Waals surface area contributed by atoms with Crippen LogP contribution in [0, 0.1) is 5.92 Å². The molecule has 0 saturated carbocycles. The number of hydrogen-bond acceptors (Lipinski definition) is 6. The van der Waals surface area contributed by atoms with Crippen LogP contribution in [-0.2, 0) is 11.3 Å². The molecule has 1 atom stereocenters. The molecule has 3 heterocycles. The van der Waals surface area contributed by atoms with Crippen molar-refractivity contribution in [3.63, 3.8) is 0 Å². The number of rotatable bonds is 6. The maximum atomic E-state index is 12.1. The molecule has 7 nitrogen and oxygen atoms in total. The van der Waals surface area contributed by atoms with Gasteiger partial charge in [-0.15, -0.1) is 0 Å². The fourth-order valence-corrected chi connectivity index (χ4v) is 2.93. The van der Waals surface area contributed by atoms with Crippen LogP contribution in [0.1, 0.15) is 32.1 Å². The Balaban J connectivity index is 1.58. The van der Waals surface area contributed by atoms with Crippen molar-refractivity contribution in [3.05, 3.63) is 30.4 Å². The number of piperidine rings is 1. The first-order valence-corrected chi connectivity index (χ1v) is 8.49. The standard InChI is InChI=1S/C17H23N5O2/c1-2-7-19-17(23)14-6-4-9-22(11-14)12-15-20-16(21-24-15)13-5-3-8-18-10-13/h3,5,8,10,14H,2,4,6-7,9,11-12H2,1H3,(H,19,23). The Morgan fingerprint density at radius 3 is 3.21 bits per heavy atom. The number of nitrogens with zero attached hydrogens (tertiary/aromatic N) is 4. The van der Waals surface area contributed by atoms with Crippen LogP contribution in [-0.4, -0.2) is 45.6 Å². The molecular formula is C17H23N5O2. The van der Waals surface area contributed by atoms with Crippen LogP contribution in [0.3, 0.4) is 0 Å². The van der Waals surface area contributed by atoms with Crippen LogP contribution in [0.15, 0.2) is 29.0 Å². The molecule has 1 amide bonds. The van der Waals surface area contributed by atoms with E-state index in [-0.39, 0.29) is 11.8 Å². The highest BCUT2D eigenvalue weighted by molar-refractivity contribution is 5.78. The summed E-state index contributed by atoms with van der Waals surface area (Å²) in [5.41, 5.74) is 0.836. The molecule has 0 radical (unpaired) electrons. The van der Waals surface area contributed by atoms with Crippen LogP contribution >= 0.6 is 0 Å². The second-order valence-corrected chi connectivity index (χ2v) is 6.12. The molecule has 3 rings (SSSR count). The van der Waals surface area contributed by atoms with Crippen molar-refractivity contribution in [2.45, 2.75) is 32.7 Å². The van der Waals surface area contributed by atoms with Crippen molar-refractivity contribution in [1.29, 1.82) is 0 Å². The quantitative estimate of drug-likeness (QED) is 0.871. The normalized spacial score (nSPS) is 18.5. The number of nitrogens with one attached hydrogen (secondary N) is 1. The number of likely N-dealkylation sites (tertiary alicyclic amines) is 1. The lowest BCUT2D eigenvalue weighted by Gasteiger charge is -2.30. The molecule has 128 valence electrons. The number of carbonyl (C=O) groups is 1. The van der Waals surface area contributed by atoms with Gasteiger partial charge >= 0.3 is 0 Å². The summed E-state index contributed by atoms with van der Waals surface area (Å²) in [5.74, 6) is 1.32. The van der Waals surface area contributed by atoms with Gasteiger partial charge in [0.1, 0.15) is 0 Å². The zero-order valence-electron chi connectivity index (χ0n) is 13.9. The average molecular weight is 329 g/mol. The van der Waals surface area contributed by atoms with Crippen LogP contribution in [0.5, 0.6) is 0 Å². The molecule has 1 unspecified atom stereocenters. The van der Waals surface area contributed by atoms with Crippen LogP contribution in [0.2, 0.25) is 0 Å². The maximum Gasteiger partial charge on any atom is 0.241 e. The lowest BCUT2D eigenvalue weighted by molar-refractivity contribution is -0.126. The highest BCUT2D eigenvalue weighted by Crippen LogP contribution is 2.20. The van der Waals surface area contributed by atoms with E-state index in [1.54, 1.807) is 12.4 Å². The van der Waals surface area contributed by atoms with Gasteiger partial charge in [-0.3, -0.25) is 14.7 Å². The third-order valence-electron chi connectivity index (χ3n) is 4.17. The van der Waals surface area contributed by atoms with Gasteiger partial charge in [-0.1, -0.05) is 12.1 Å². The molecule has 1 N–H and O–H groups in total. The molecule has 1 aliphatic heterocycles. The van der Waals surface area contributed by atoms with E-state index in [4.69, 9.17) is 4.52 Å². The smallest absolute Gasteiger partial charge is 0.241 e. The van der Waals surface area contributed by atoms with Crippen molar-refractivity contribution in [2.24, 2.45) is 5.92 Å². The molecule has 2 aromatic rings. The van der Waals surface area contributed by atoms with Gasteiger partial charge in [0, 0.05) is 31.0 Å². The molecular weight excluding hydrogens is 306 g/mol. The summed E-state index contributed by atoms with van der Waals surface area (Å²) in [6, 6.07) is 3.74. The molecule has 0 aliphatic carbocycles. The number of carbonyl (C=O) groups excluding carboxylic acids is 1. The highest BCUT2D eigenvalue weighted by Gasteiger charge is 2.26. The Morgan fingerprint density at radius 1 is 1.50 bits per heavy atom. The minimum atomic E-state index is 0.0472. The molecule has 24 heavy (non-hydrogen) atoms. The number of aromatic nitrogens is 3. The monoisotopic (exact) mass is 329 g/mol. The second kappa shape index (κ2) is 8.01. The lowest BCUT2D eigenvalue weighted by atomic mass is 9.97.